The van der Waals surface area contributed by atoms with Crippen LogP contribution in [-0.2, 0) is 25.7 Å². The predicted octanol–water partition coefficient (Wildman–Crippen LogP) is 2.08. The largest absolute Gasteiger partial charge is 0.485 e. The normalized spacial score (nSPS) is 19.2. The van der Waals surface area contributed by atoms with Crippen LogP contribution >= 0.6 is 11.8 Å². The summed E-state index contributed by atoms with van der Waals surface area (Å²) in [6, 6.07) is 9.71. The van der Waals surface area contributed by atoms with Crippen molar-refractivity contribution in [1.29, 1.82) is 0 Å². The number of para-hydroxylation sites is 1. The number of ether oxygens (including phenoxy) is 2. The molecular weight excluding hydrogens is 464 g/mol. The number of fused-ring (bicyclic) bond motifs is 1. The summed E-state index contributed by atoms with van der Waals surface area (Å²) >= 11 is 1.28. The zero-order valence-corrected chi connectivity index (χ0v) is 19.2. The Morgan fingerprint density at radius 3 is 2.68 bits per heavy atom. The topological polar surface area (TPSA) is 135 Å². The van der Waals surface area contributed by atoms with E-state index in [0.29, 0.717) is 17.1 Å². The summed E-state index contributed by atoms with van der Waals surface area (Å²) in [7, 11) is 0. The number of thioether (sulfide) groups is 1. The van der Waals surface area contributed by atoms with Crippen molar-refractivity contribution in [2.24, 2.45) is 0 Å². The SMILES string of the molecule is CC(=O)OCC1=C(C(=O)O)N2C(=O)C(NC(=O)c3ccc(COc4ccccc4C)o3)C2SC1. The fourth-order valence-corrected chi connectivity index (χ4v) is 4.97. The number of rotatable bonds is 8. The van der Waals surface area contributed by atoms with Crippen LogP contribution in [0.2, 0.25) is 0 Å². The maximum absolute atomic E-state index is 12.7. The van der Waals surface area contributed by atoms with E-state index in [9.17, 15) is 24.3 Å². The van der Waals surface area contributed by atoms with E-state index in [1.807, 2.05) is 31.2 Å². The van der Waals surface area contributed by atoms with Crippen LogP contribution in [0.1, 0.15) is 28.8 Å². The second kappa shape index (κ2) is 9.64. The molecule has 2 aliphatic heterocycles. The van der Waals surface area contributed by atoms with Crippen LogP contribution in [0.15, 0.2) is 52.1 Å². The number of nitrogens with one attached hydrogen (secondary N) is 1. The van der Waals surface area contributed by atoms with E-state index in [0.717, 1.165) is 10.5 Å². The molecule has 4 rings (SSSR count). The van der Waals surface area contributed by atoms with Gasteiger partial charge in [-0.15, -0.1) is 11.8 Å². The highest BCUT2D eigenvalue weighted by molar-refractivity contribution is 8.00. The first kappa shape index (κ1) is 23.4. The van der Waals surface area contributed by atoms with Crippen LogP contribution < -0.4 is 10.1 Å². The average Bonchev–Trinajstić information content (AvgIpc) is 3.28. The van der Waals surface area contributed by atoms with E-state index >= 15 is 0 Å². The van der Waals surface area contributed by atoms with Crippen LogP contribution in [0.3, 0.4) is 0 Å². The fourth-order valence-electron chi connectivity index (χ4n) is 3.64. The molecule has 10 nitrogen and oxygen atoms in total. The van der Waals surface area contributed by atoms with E-state index in [2.05, 4.69) is 5.32 Å². The number of esters is 1. The molecule has 0 spiro atoms. The second-order valence-electron chi connectivity index (χ2n) is 7.72. The third-order valence-electron chi connectivity index (χ3n) is 5.34. The molecule has 2 aromatic rings. The van der Waals surface area contributed by atoms with E-state index in [1.165, 1.54) is 24.8 Å². The molecule has 3 heterocycles. The molecule has 178 valence electrons. The number of benzene rings is 1. The van der Waals surface area contributed by atoms with Crippen LogP contribution in [0.4, 0.5) is 0 Å². The summed E-state index contributed by atoms with van der Waals surface area (Å²) < 4.78 is 16.2. The highest BCUT2D eigenvalue weighted by Gasteiger charge is 2.54. The molecule has 2 unspecified atom stereocenters. The highest BCUT2D eigenvalue weighted by Crippen LogP contribution is 2.40. The number of aryl methyl sites for hydroxylation is 1. The second-order valence-corrected chi connectivity index (χ2v) is 8.82. The summed E-state index contributed by atoms with van der Waals surface area (Å²) in [5.41, 5.74) is 1.08. The van der Waals surface area contributed by atoms with Crippen LogP contribution in [0, 0.1) is 6.92 Å². The van der Waals surface area contributed by atoms with Crippen molar-refractivity contribution in [3.63, 3.8) is 0 Å². The van der Waals surface area contributed by atoms with Crippen molar-refractivity contribution >= 4 is 35.5 Å². The molecule has 1 fully saturated rings. The molecule has 0 bridgehead atoms. The maximum atomic E-state index is 12.7. The highest BCUT2D eigenvalue weighted by atomic mass is 32.2. The number of amides is 2. The lowest BCUT2D eigenvalue weighted by atomic mass is 10.0. The minimum Gasteiger partial charge on any atom is -0.485 e. The lowest BCUT2D eigenvalue weighted by molar-refractivity contribution is -0.149. The van der Waals surface area contributed by atoms with Gasteiger partial charge < -0.3 is 24.3 Å². The maximum Gasteiger partial charge on any atom is 0.352 e. The van der Waals surface area contributed by atoms with Crippen molar-refractivity contribution in [3.8, 4) is 5.75 Å². The molecule has 2 atom stereocenters. The van der Waals surface area contributed by atoms with E-state index in [1.54, 1.807) is 6.07 Å². The Labute approximate surface area is 198 Å². The first-order valence-corrected chi connectivity index (χ1v) is 11.4. The van der Waals surface area contributed by atoms with Crippen LogP contribution in [0.5, 0.6) is 5.75 Å². The number of hydrogen-bond donors (Lipinski definition) is 2. The van der Waals surface area contributed by atoms with Crippen molar-refractivity contribution in [3.05, 3.63) is 64.8 Å². The third-order valence-corrected chi connectivity index (χ3v) is 6.67. The molecule has 11 heteroatoms. The van der Waals surface area contributed by atoms with Gasteiger partial charge in [0.2, 0.25) is 0 Å². The van der Waals surface area contributed by atoms with Crippen LogP contribution in [0.25, 0.3) is 0 Å². The number of carboxylic acid groups (broad SMARTS) is 1. The van der Waals surface area contributed by atoms with Crippen molar-refractivity contribution in [2.45, 2.75) is 31.9 Å². The first-order chi connectivity index (χ1) is 16.3. The van der Waals surface area contributed by atoms with Gasteiger partial charge >= 0.3 is 11.9 Å². The van der Waals surface area contributed by atoms with Crippen molar-refractivity contribution in [2.75, 3.05) is 12.4 Å². The smallest absolute Gasteiger partial charge is 0.352 e. The molecule has 2 N–H and O–H groups in total. The average molecular weight is 487 g/mol. The van der Waals surface area contributed by atoms with Gasteiger partial charge in [0.25, 0.3) is 11.8 Å². The zero-order chi connectivity index (χ0) is 24.4. The van der Waals surface area contributed by atoms with Gasteiger partial charge in [-0.1, -0.05) is 18.2 Å². The van der Waals surface area contributed by atoms with Crippen LogP contribution in [-0.4, -0.2) is 57.5 Å². The lowest BCUT2D eigenvalue weighted by Gasteiger charge is -2.49. The number of furan rings is 1. The Kier molecular flexibility index (Phi) is 6.64. The predicted molar refractivity (Wildman–Crippen MR) is 120 cm³/mol. The molecule has 1 aromatic heterocycles. The Morgan fingerprint density at radius 1 is 1.21 bits per heavy atom. The minimum absolute atomic E-state index is 0.0139. The lowest BCUT2D eigenvalue weighted by Crippen LogP contribution is -2.70. The Bertz CT molecular complexity index is 1190. The van der Waals surface area contributed by atoms with E-state index < -0.39 is 35.2 Å². The molecule has 34 heavy (non-hydrogen) atoms. The monoisotopic (exact) mass is 486 g/mol. The fraction of sp³-hybridized carbons (Fsp3) is 0.304. The molecule has 1 saturated heterocycles. The van der Waals surface area contributed by atoms with Gasteiger partial charge in [-0.05, 0) is 30.7 Å². The Balaban J connectivity index is 1.39. The van der Waals surface area contributed by atoms with Gasteiger partial charge in [0.1, 0.15) is 41.8 Å². The molecule has 0 saturated carbocycles. The first-order valence-electron chi connectivity index (χ1n) is 10.4. The number of carbonyl (C=O) groups is 4. The molecule has 0 aliphatic carbocycles. The van der Waals surface area contributed by atoms with Gasteiger partial charge in [0.05, 0.1) is 0 Å². The number of hydrogen-bond acceptors (Lipinski definition) is 8. The molecule has 2 amide bonds. The summed E-state index contributed by atoms with van der Waals surface area (Å²) in [5.74, 6) is -1.59. The molecular formula is C23H22N2O8S. The standard InChI is InChI=1S/C23H22N2O8S/c1-12-5-3-4-6-16(12)32-10-15-7-8-17(33-15)20(27)24-18-21(28)25-19(23(29)30)14(9-31-13(2)26)11-34-22(18)25/h3-8,18,22H,9-11H2,1-2H3,(H,24,27)(H,29,30). The summed E-state index contributed by atoms with van der Waals surface area (Å²) in [5, 5.41) is 11.6. The van der Waals surface area contributed by atoms with E-state index in [4.69, 9.17) is 13.9 Å². The Morgan fingerprint density at radius 2 is 1.97 bits per heavy atom. The van der Waals surface area contributed by atoms with E-state index in [-0.39, 0.29) is 30.4 Å². The number of carbonyl (C=O) groups excluding carboxylic acids is 3. The number of aliphatic carboxylic acids is 1. The quantitative estimate of drug-likeness (QED) is 0.425. The minimum atomic E-state index is -1.30. The van der Waals surface area contributed by atoms with Gasteiger partial charge in [-0.25, -0.2) is 4.79 Å². The summed E-state index contributed by atoms with van der Waals surface area (Å²) in [4.78, 5) is 49.3. The van der Waals surface area contributed by atoms with Gasteiger partial charge in [0.15, 0.2) is 5.76 Å². The number of carboxylic acids is 1. The third kappa shape index (κ3) is 4.65. The number of β-lactam (4-membered cyclic amide) rings is 1. The van der Waals surface area contributed by atoms with Gasteiger partial charge in [-0.3, -0.25) is 19.3 Å². The zero-order valence-electron chi connectivity index (χ0n) is 18.4. The van der Waals surface area contributed by atoms with Crippen molar-refractivity contribution < 1.29 is 38.2 Å². The molecule has 2 aliphatic rings. The molecule has 0 radical (unpaired) electrons. The van der Waals surface area contributed by atoms with Gasteiger partial charge in [-0.2, -0.15) is 0 Å². The van der Waals surface area contributed by atoms with Gasteiger partial charge in [0, 0.05) is 18.2 Å². The molecule has 1 aromatic carbocycles. The van der Waals surface area contributed by atoms with Crippen molar-refractivity contribution in [1.82, 2.24) is 10.2 Å². The summed E-state index contributed by atoms with van der Waals surface area (Å²) in [6.07, 6.45) is 0. The Hall–Kier alpha value is -3.73. The number of nitrogens with zero attached hydrogens (tertiary/aromatic N) is 1. The summed E-state index contributed by atoms with van der Waals surface area (Å²) in [6.45, 7) is 3.06.